The van der Waals surface area contributed by atoms with Crippen LogP contribution in [0.25, 0.3) is 50.2 Å². The number of esters is 3. The van der Waals surface area contributed by atoms with Crippen molar-refractivity contribution in [2.45, 2.75) is 52.7 Å². The Morgan fingerprint density at radius 1 is 0.560 bits per heavy atom. The molecule has 3 aromatic heterocycles. The van der Waals surface area contributed by atoms with Gasteiger partial charge in [-0.2, -0.15) is 0 Å². The molecular weight excluding hydrogens is 1110 g/mol. The molecule has 0 fully saturated rings. The highest BCUT2D eigenvalue weighted by Gasteiger charge is 2.18. The molecule has 0 aliphatic carbocycles. The molecule has 9 rings (SSSR count). The van der Waals surface area contributed by atoms with E-state index in [-0.39, 0.29) is 73.8 Å². The van der Waals surface area contributed by atoms with Crippen LogP contribution in [0.4, 0.5) is 5.69 Å². The second-order valence-electron chi connectivity index (χ2n) is 18.3. The number of benzene rings is 6. The van der Waals surface area contributed by atoms with E-state index in [4.69, 9.17) is 35.3 Å². The van der Waals surface area contributed by atoms with E-state index in [1.807, 2.05) is 55.5 Å². The predicted octanol–water partition coefficient (Wildman–Crippen LogP) is 8.14. The number of nitrogens with one attached hydrogen (secondary N) is 1. The topological polar surface area (TPSA) is 320 Å². The number of fused-ring (bicyclic) bond motifs is 3. The third kappa shape index (κ3) is 17.9. The van der Waals surface area contributed by atoms with E-state index in [0.29, 0.717) is 67.8 Å². The number of halogens is 1. The minimum Gasteiger partial charge on any atom is -0.505 e. The number of phenols is 3. The summed E-state index contributed by atoms with van der Waals surface area (Å²) in [6.45, 7) is 18.5. The third-order valence-corrected chi connectivity index (χ3v) is 11.4. The Hall–Kier alpha value is -10.2. The van der Waals surface area contributed by atoms with E-state index >= 15 is 0 Å². The maximum Gasteiger partial charge on any atom is 0.333 e. The average molecular weight is 1170 g/mol. The number of phenolic OH excluding ortho intramolecular Hbond substituents is 3. The van der Waals surface area contributed by atoms with Crippen LogP contribution >= 0.6 is 11.6 Å². The highest BCUT2D eigenvalue weighted by Crippen LogP contribution is 2.33. The number of amides is 1. The highest BCUT2D eigenvalue weighted by atomic mass is 35.5. The molecule has 6 aromatic carbocycles. The van der Waals surface area contributed by atoms with Crippen molar-refractivity contribution in [3.63, 3.8) is 0 Å². The van der Waals surface area contributed by atoms with Crippen LogP contribution in [0.2, 0.25) is 5.02 Å². The van der Waals surface area contributed by atoms with Gasteiger partial charge in [-0.3, -0.25) is 9.59 Å². The first kappa shape index (κ1) is 63.0. The number of aryl methyl sites for hydroxylation is 1. The van der Waals surface area contributed by atoms with Gasteiger partial charge < -0.3 is 54.5 Å². The minimum absolute atomic E-state index is 0.0476. The Morgan fingerprint density at radius 3 is 1.48 bits per heavy atom. The number of hydrogen-bond acceptors (Lipinski definition) is 20. The quantitative estimate of drug-likeness (QED) is 0.0105. The highest BCUT2D eigenvalue weighted by molar-refractivity contribution is 6.31. The number of ether oxygens (including phenoxy) is 5. The molecule has 0 saturated heterocycles. The molecule has 0 radical (unpaired) electrons. The van der Waals surface area contributed by atoms with Crippen molar-refractivity contribution in [3.8, 4) is 45.8 Å². The molecule has 3 heterocycles. The fraction of sp³-hybridized carbons (Fsp3) is 0.220. The zero-order valence-electron chi connectivity index (χ0n) is 46.2. The second-order valence-corrected chi connectivity index (χ2v) is 18.7. The number of aromatic nitrogens is 9. The van der Waals surface area contributed by atoms with Crippen molar-refractivity contribution in [1.82, 2.24) is 45.0 Å². The van der Waals surface area contributed by atoms with Crippen LogP contribution in [-0.4, -0.2) is 140 Å². The van der Waals surface area contributed by atoms with Crippen LogP contribution in [0.15, 0.2) is 153 Å². The summed E-state index contributed by atoms with van der Waals surface area (Å²) in [5.41, 5.74) is 7.01. The molecular formula is C59H61ClN10O14. The smallest absolute Gasteiger partial charge is 0.333 e. The molecule has 0 saturated carbocycles. The molecule has 24 nitrogen and oxygen atoms in total. The summed E-state index contributed by atoms with van der Waals surface area (Å²) in [4.78, 5) is 49.5. The van der Waals surface area contributed by atoms with Crippen molar-refractivity contribution in [2.75, 3.05) is 38.4 Å². The van der Waals surface area contributed by atoms with Gasteiger partial charge in [0.1, 0.15) is 112 Å². The van der Waals surface area contributed by atoms with E-state index in [0.717, 1.165) is 16.6 Å². The van der Waals surface area contributed by atoms with Crippen molar-refractivity contribution in [3.05, 3.63) is 163 Å². The molecule has 0 aliphatic heterocycles. The summed E-state index contributed by atoms with van der Waals surface area (Å²) < 4.78 is 25.5. The zero-order valence-corrected chi connectivity index (χ0v) is 47.0. The van der Waals surface area contributed by atoms with Crippen molar-refractivity contribution >= 4 is 74.2 Å². The summed E-state index contributed by atoms with van der Waals surface area (Å²) in [6.07, 6.45) is -1.69. The maximum atomic E-state index is 11.8. The van der Waals surface area contributed by atoms with Gasteiger partial charge in [0.2, 0.25) is 5.91 Å². The van der Waals surface area contributed by atoms with Crippen molar-refractivity contribution in [1.29, 1.82) is 0 Å². The normalized spacial score (nSPS) is 11.3. The van der Waals surface area contributed by atoms with Crippen LogP contribution < -0.4 is 14.8 Å². The summed E-state index contributed by atoms with van der Waals surface area (Å²) in [5, 5.41) is 79.5. The molecule has 0 spiro atoms. The summed E-state index contributed by atoms with van der Waals surface area (Å²) >= 11 is 5.95. The van der Waals surface area contributed by atoms with E-state index in [9.17, 15) is 44.7 Å². The Bertz CT molecular complexity index is 3740. The van der Waals surface area contributed by atoms with Crippen LogP contribution in [0.1, 0.15) is 39.2 Å². The first-order chi connectivity index (χ1) is 40.2. The van der Waals surface area contributed by atoms with E-state index in [1.165, 1.54) is 47.3 Å². The lowest BCUT2D eigenvalue weighted by atomic mass is 10.1. The lowest BCUT2D eigenvalue weighted by Crippen LogP contribution is -2.25. The molecule has 2 atom stereocenters. The zero-order chi connectivity index (χ0) is 61.0. The first-order valence-corrected chi connectivity index (χ1v) is 26.0. The molecule has 84 heavy (non-hydrogen) atoms. The van der Waals surface area contributed by atoms with Gasteiger partial charge >= 0.3 is 17.9 Å². The van der Waals surface area contributed by atoms with E-state index < -0.39 is 30.1 Å². The molecule has 6 N–H and O–H groups in total. The van der Waals surface area contributed by atoms with Crippen molar-refractivity contribution in [2.24, 2.45) is 0 Å². The summed E-state index contributed by atoms with van der Waals surface area (Å²) in [5.74, 6) is -1.43. The number of carbonyl (C=O) groups excluding carboxylic acids is 4. The molecule has 0 aliphatic rings. The number of nitrogens with zero attached hydrogens (tertiary/aromatic N) is 9. The van der Waals surface area contributed by atoms with Gasteiger partial charge in [-0.25, -0.2) is 9.59 Å². The lowest BCUT2D eigenvalue weighted by molar-refractivity contribution is -0.150. The molecule has 0 bridgehead atoms. The fourth-order valence-corrected chi connectivity index (χ4v) is 7.36. The first-order valence-electron chi connectivity index (χ1n) is 25.6. The van der Waals surface area contributed by atoms with Gasteiger partial charge in [-0.05, 0) is 112 Å². The minimum atomic E-state index is -1.11. The van der Waals surface area contributed by atoms with E-state index in [2.05, 4.69) is 62.2 Å². The molecule has 2 unspecified atom stereocenters. The van der Waals surface area contributed by atoms with Crippen LogP contribution in [0.3, 0.4) is 0 Å². The second kappa shape index (κ2) is 30.0. The molecule has 9 aromatic rings. The fourth-order valence-electron chi connectivity index (χ4n) is 7.20. The van der Waals surface area contributed by atoms with Crippen molar-refractivity contribution < 1.29 is 68.4 Å². The Morgan fingerprint density at radius 2 is 1.00 bits per heavy atom. The standard InChI is InChI=1S/C23H25N3O7.C19H18ClN3O5.C15H14N4O2.C2H4/c1-15(2)23(30)33-14-16(27)13-32-22(29)8-5-11-31-17-9-10-20(21(28)12-17)26-24-18-6-3-4-7-19(18)25-26;1-11(2)19(26)28-10-13(24)9-27-14-4-6-17(18(25)8-14)23-21-15-5-3-12(20)7-16(15)22-23;1-9-7-13(16-10(2)20)15(21)14(8-9)19-17-11-5-3-4-6-12(11)18-19;1-2/h3-4,6-7,9-10,12,16,27-28H,1,5,8,11,13-14H2,2H3;3-8,13,24-25H,1,9-10H2,2H3;3-8,21H,1-2H3,(H,16,20);1-2H2. The largest absolute Gasteiger partial charge is 0.505 e. The Balaban J connectivity index is 0.000000203. The molecule has 1 amide bonds. The van der Waals surface area contributed by atoms with Crippen LogP contribution in [0.5, 0.6) is 28.7 Å². The number of rotatable bonds is 20. The predicted molar refractivity (Wildman–Crippen MR) is 312 cm³/mol. The van der Waals surface area contributed by atoms with Crippen LogP contribution in [0, 0.1) is 6.92 Å². The van der Waals surface area contributed by atoms with Gasteiger partial charge in [0.05, 0.1) is 12.3 Å². The summed E-state index contributed by atoms with van der Waals surface area (Å²) in [6, 6.07) is 32.7. The Kier molecular flexibility index (Phi) is 22.5. The molecule has 438 valence electrons. The number of aromatic hydroxyl groups is 3. The van der Waals surface area contributed by atoms with Gasteiger partial charge in [0.15, 0.2) is 5.75 Å². The third-order valence-electron chi connectivity index (χ3n) is 11.2. The van der Waals surface area contributed by atoms with Gasteiger partial charge in [-0.1, -0.05) is 49.0 Å². The Labute approximate surface area is 486 Å². The monoisotopic (exact) mass is 1170 g/mol. The summed E-state index contributed by atoms with van der Waals surface area (Å²) in [7, 11) is 0. The number of aliphatic hydroxyl groups excluding tert-OH is 2. The van der Waals surface area contributed by atoms with E-state index in [1.54, 1.807) is 54.6 Å². The lowest BCUT2D eigenvalue weighted by Gasteiger charge is -2.13. The van der Waals surface area contributed by atoms with Crippen LogP contribution in [-0.2, 0) is 33.4 Å². The number of aliphatic hydroxyl groups is 2. The van der Waals surface area contributed by atoms with Gasteiger partial charge in [0, 0.05) is 41.6 Å². The van der Waals surface area contributed by atoms with Gasteiger partial charge in [0.25, 0.3) is 0 Å². The average Bonchev–Trinajstić information content (AvgIpc) is 4.38. The number of anilines is 1. The van der Waals surface area contributed by atoms with Gasteiger partial charge in [-0.15, -0.1) is 58.1 Å². The maximum absolute atomic E-state index is 11.8. The SMILES string of the molecule is C=C.C=C(C)C(=O)OCC(O)COC(=O)CCCOc1ccc(-n2nc3ccccc3n2)c(O)c1.C=C(C)C(=O)OCC(O)COc1ccc(-n2nc3ccc(Cl)cc3n2)c(O)c1.CC(=O)Nc1cc(C)cc(-n2nc3ccccc3n2)c1O. The number of hydrogen-bond donors (Lipinski definition) is 6. The molecule has 25 heteroatoms. The number of carbonyl (C=O) groups is 4.